The van der Waals surface area contributed by atoms with Gasteiger partial charge in [0.15, 0.2) is 0 Å². The summed E-state index contributed by atoms with van der Waals surface area (Å²) in [7, 11) is 1.94. The van der Waals surface area contributed by atoms with Crippen LogP contribution >= 0.6 is 23.7 Å². The molecule has 0 saturated heterocycles. The van der Waals surface area contributed by atoms with Gasteiger partial charge in [0, 0.05) is 18.1 Å². The van der Waals surface area contributed by atoms with Crippen LogP contribution in [0, 0.1) is 6.92 Å². The normalized spacial score (nSPS) is 11.2. The standard InChI is InChI=1S/C5H9N3S.ClH/c1-4-3-9-5(7-6)8(4)2;/h3H,6H2,1-2H3;1H/b7-5-;. The molecule has 1 aromatic heterocycles. The lowest BCUT2D eigenvalue weighted by molar-refractivity contribution is 0.820. The summed E-state index contributed by atoms with van der Waals surface area (Å²) < 4.78 is 1.95. The van der Waals surface area contributed by atoms with E-state index in [1.807, 2.05) is 23.9 Å². The van der Waals surface area contributed by atoms with E-state index in [9.17, 15) is 0 Å². The van der Waals surface area contributed by atoms with E-state index in [1.54, 1.807) is 11.3 Å². The molecule has 0 radical (unpaired) electrons. The van der Waals surface area contributed by atoms with E-state index < -0.39 is 0 Å². The molecular formula is C5H10ClN3S. The molecule has 0 amide bonds. The molecule has 0 saturated carbocycles. The van der Waals surface area contributed by atoms with Crippen molar-refractivity contribution in [3.05, 3.63) is 15.9 Å². The van der Waals surface area contributed by atoms with Crippen LogP contribution in [0.5, 0.6) is 0 Å². The van der Waals surface area contributed by atoms with Gasteiger partial charge in [-0.1, -0.05) is 0 Å². The van der Waals surface area contributed by atoms with Gasteiger partial charge in [-0.25, -0.2) is 0 Å². The van der Waals surface area contributed by atoms with Crippen molar-refractivity contribution in [3.8, 4) is 0 Å². The zero-order chi connectivity index (χ0) is 6.85. The fraction of sp³-hybridized carbons (Fsp3) is 0.400. The minimum atomic E-state index is 0. The molecule has 5 heteroatoms. The van der Waals surface area contributed by atoms with Crippen molar-refractivity contribution in [2.45, 2.75) is 6.92 Å². The number of aromatic nitrogens is 1. The number of aryl methyl sites for hydroxylation is 1. The third-order valence-electron chi connectivity index (χ3n) is 1.26. The lowest BCUT2D eigenvalue weighted by Crippen LogP contribution is -2.13. The van der Waals surface area contributed by atoms with Gasteiger partial charge in [-0.2, -0.15) is 5.10 Å². The maximum Gasteiger partial charge on any atom is 0.207 e. The Hall–Kier alpha value is -0.480. The van der Waals surface area contributed by atoms with Crippen molar-refractivity contribution < 1.29 is 0 Å². The van der Waals surface area contributed by atoms with E-state index in [2.05, 4.69) is 5.10 Å². The van der Waals surface area contributed by atoms with Gasteiger partial charge >= 0.3 is 0 Å². The summed E-state index contributed by atoms with van der Waals surface area (Å²) in [6.45, 7) is 2.02. The van der Waals surface area contributed by atoms with Gasteiger partial charge in [0.2, 0.25) is 4.80 Å². The van der Waals surface area contributed by atoms with Crippen molar-refractivity contribution in [2.75, 3.05) is 0 Å². The molecule has 10 heavy (non-hydrogen) atoms. The zero-order valence-corrected chi connectivity index (χ0v) is 7.50. The summed E-state index contributed by atoms with van der Waals surface area (Å²) in [5, 5.41) is 5.59. The molecule has 1 heterocycles. The number of nitrogens with two attached hydrogens (primary N) is 1. The molecule has 0 unspecified atom stereocenters. The first-order chi connectivity index (χ1) is 4.25. The number of halogens is 1. The fourth-order valence-electron chi connectivity index (χ4n) is 0.564. The largest absolute Gasteiger partial charge is 0.323 e. The smallest absolute Gasteiger partial charge is 0.207 e. The molecule has 1 rings (SSSR count). The van der Waals surface area contributed by atoms with Crippen LogP contribution in [0.15, 0.2) is 10.5 Å². The number of rotatable bonds is 0. The van der Waals surface area contributed by atoms with Crippen molar-refractivity contribution in [1.29, 1.82) is 0 Å². The monoisotopic (exact) mass is 179 g/mol. The molecule has 0 atom stereocenters. The highest BCUT2D eigenvalue weighted by Gasteiger charge is 1.91. The van der Waals surface area contributed by atoms with Crippen LogP contribution in [0.25, 0.3) is 0 Å². The summed E-state index contributed by atoms with van der Waals surface area (Å²) in [5.41, 5.74) is 1.18. The maximum atomic E-state index is 5.08. The summed E-state index contributed by atoms with van der Waals surface area (Å²) in [6.07, 6.45) is 0. The predicted octanol–water partition coefficient (Wildman–Crippen LogP) is 0.591. The molecule has 0 spiro atoms. The Morgan fingerprint density at radius 1 is 1.70 bits per heavy atom. The van der Waals surface area contributed by atoms with Gasteiger partial charge in [-0.15, -0.1) is 23.7 Å². The van der Waals surface area contributed by atoms with Gasteiger partial charge in [0.05, 0.1) is 0 Å². The second kappa shape index (κ2) is 3.63. The van der Waals surface area contributed by atoms with E-state index in [-0.39, 0.29) is 12.4 Å². The third-order valence-corrected chi connectivity index (χ3v) is 2.31. The highest BCUT2D eigenvalue weighted by atomic mass is 35.5. The molecule has 0 fully saturated rings. The van der Waals surface area contributed by atoms with E-state index in [0.717, 1.165) is 4.80 Å². The molecule has 0 bridgehead atoms. The van der Waals surface area contributed by atoms with Crippen LogP contribution in [0.3, 0.4) is 0 Å². The molecule has 3 nitrogen and oxygen atoms in total. The summed E-state index contributed by atoms with van der Waals surface area (Å²) in [5.74, 6) is 5.08. The summed E-state index contributed by atoms with van der Waals surface area (Å²) in [4.78, 5) is 0.854. The minimum absolute atomic E-state index is 0. The number of hydrogen-bond acceptors (Lipinski definition) is 3. The van der Waals surface area contributed by atoms with Crippen LogP contribution in [0.1, 0.15) is 5.69 Å². The number of hydrogen-bond donors (Lipinski definition) is 1. The van der Waals surface area contributed by atoms with Crippen LogP contribution < -0.4 is 10.6 Å². The molecule has 0 aliphatic heterocycles. The molecular weight excluding hydrogens is 170 g/mol. The maximum absolute atomic E-state index is 5.08. The van der Waals surface area contributed by atoms with Crippen molar-refractivity contribution in [3.63, 3.8) is 0 Å². The van der Waals surface area contributed by atoms with Crippen molar-refractivity contribution in [1.82, 2.24) is 4.57 Å². The van der Waals surface area contributed by atoms with E-state index in [4.69, 9.17) is 5.84 Å². The highest BCUT2D eigenvalue weighted by molar-refractivity contribution is 7.07. The summed E-state index contributed by atoms with van der Waals surface area (Å²) >= 11 is 1.55. The SMILES string of the molecule is Cc1cs/c(=N\N)n1C.Cl. The van der Waals surface area contributed by atoms with Gasteiger partial charge in [0.25, 0.3) is 0 Å². The third kappa shape index (κ3) is 1.52. The van der Waals surface area contributed by atoms with E-state index >= 15 is 0 Å². The molecule has 1 aromatic rings. The quantitative estimate of drug-likeness (QED) is 0.460. The fourth-order valence-corrected chi connectivity index (χ4v) is 1.36. The van der Waals surface area contributed by atoms with Crippen LogP contribution in [0.2, 0.25) is 0 Å². The predicted molar refractivity (Wildman–Crippen MR) is 45.0 cm³/mol. The summed E-state index contributed by atoms with van der Waals surface area (Å²) in [6, 6.07) is 0. The topological polar surface area (TPSA) is 43.3 Å². The van der Waals surface area contributed by atoms with Gasteiger partial charge in [-0.3, -0.25) is 0 Å². The Morgan fingerprint density at radius 3 is 2.50 bits per heavy atom. The van der Waals surface area contributed by atoms with Gasteiger partial charge in [-0.05, 0) is 6.92 Å². The molecule has 0 aromatic carbocycles. The number of thiazole rings is 1. The molecule has 2 N–H and O–H groups in total. The molecule has 0 aliphatic rings. The Morgan fingerprint density at radius 2 is 2.30 bits per heavy atom. The first kappa shape index (κ1) is 9.52. The van der Waals surface area contributed by atoms with Crippen molar-refractivity contribution in [2.24, 2.45) is 18.0 Å². The first-order valence-electron chi connectivity index (χ1n) is 2.60. The van der Waals surface area contributed by atoms with Gasteiger partial charge in [0.1, 0.15) is 0 Å². The lowest BCUT2D eigenvalue weighted by atomic mass is 10.6. The zero-order valence-electron chi connectivity index (χ0n) is 5.87. The van der Waals surface area contributed by atoms with Crippen LogP contribution in [-0.2, 0) is 7.05 Å². The highest BCUT2D eigenvalue weighted by Crippen LogP contribution is 1.94. The average Bonchev–Trinajstić information content (AvgIpc) is 2.15. The lowest BCUT2D eigenvalue weighted by Gasteiger charge is -1.90. The van der Waals surface area contributed by atoms with Crippen LogP contribution in [-0.4, -0.2) is 4.57 Å². The van der Waals surface area contributed by atoms with E-state index in [1.165, 1.54) is 5.69 Å². The van der Waals surface area contributed by atoms with Crippen molar-refractivity contribution >= 4 is 23.7 Å². The number of nitrogens with zero attached hydrogens (tertiary/aromatic N) is 2. The second-order valence-corrected chi connectivity index (χ2v) is 2.68. The van der Waals surface area contributed by atoms with Crippen LogP contribution in [0.4, 0.5) is 0 Å². The first-order valence-corrected chi connectivity index (χ1v) is 3.48. The molecule has 58 valence electrons. The Kier molecular flexibility index (Phi) is 3.46. The Bertz CT molecular complexity index is 262. The van der Waals surface area contributed by atoms with E-state index in [0.29, 0.717) is 0 Å². The van der Waals surface area contributed by atoms with Gasteiger partial charge < -0.3 is 10.4 Å². The second-order valence-electron chi connectivity index (χ2n) is 1.85. The Balaban J connectivity index is 0.000000810. The Labute approximate surface area is 69.6 Å². The average molecular weight is 180 g/mol. The minimum Gasteiger partial charge on any atom is -0.323 e. The molecule has 0 aliphatic carbocycles.